The standard InChI is InChI=1S/C15H28N4O2/c1-11(9-16-12(2)13-7-8-17-18-13)10-19(6)14(20)21-15(3,4)5/h7-8,11-12,16H,9-10H2,1-6H3,(H,17,18). The molecule has 1 rings (SSSR count). The lowest BCUT2D eigenvalue weighted by atomic mass is 10.1. The van der Waals surface area contributed by atoms with Gasteiger partial charge in [-0.05, 0) is 46.2 Å². The van der Waals surface area contributed by atoms with Crippen LogP contribution in [0.2, 0.25) is 0 Å². The first-order valence-corrected chi connectivity index (χ1v) is 7.36. The van der Waals surface area contributed by atoms with Crippen LogP contribution in [0.5, 0.6) is 0 Å². The molecular weight excluding hydrogens is 268 g/mol. The summed E-state index contributed by atoms with van der Waals surface area (Å²) in [6.07, 6.45) is 1.46. The zero-order valence-corrected chi connectivity index (χ0v) is 13.9. The van der Waals surface area contributed by atoms with Gasteiger partial charge in [0.2, 0.25) is 0 Å². The van der Waals surface area contributed by atoms with Crippen molar-refractivity contribution in [1.82, 2.24) is 20.4 Å². The smallest absolute Gasteiger partial charge is 0.410 e. The van der Waals surface area contributed by atoms with E-state index in [0.717, 1.165) is 12.2 Å². The minimum Gasteiger partial charge on any atom is -0.444 e. The Morgan fingerprint density at radius 2 is 2.14 bits per heavy atom. The van der Waals surface area contributed by atoms with Gasteiger partial charge >= 0.3 is 6.09 Å². The van der Waals surface area contributed by atoms with Crippen molar-refractivity contribution < 1.29 is 9.53 Å². The van der Waals surface area contributed by atoms with E-state index in [1.54, 1.807) is 18.1 Å². The van der Waals surface area contributed by atoms with E-state index in [9.17, 15) is 4.79 Å². The van der Waals surface area contributed by atoms with E-state index in [4.69, 9.17) is 4.74 Å². The molecule has 1 heterocycles. The Kier molecular flexibility index (Phi) is 6.20. The molecule has 0 aliphatic carbocycles. The molecule has 0 aliphatic rings. The minimum absolute atomic E-state index is 0.210. The molecule has 6 nitrogen and oxygen atoms in total. The molecule has 1 aromatic rings. The van der Waals surface area contributed by atoms with Crippen LogP contribution in [-0.4, -0.2) is 46.9 Å². The van der Waals surface area contributed by atoms with Crippen LogP contribution >= 0.6 is 0 Å². The van der Waals surface area contributed by atoms with E-state index in [1.165, 1.54) is 0 Å². The zero-order valence-electron chi connectivity index (χ0n) is 13.9. The molecule has 2 atom stereocenters. The lowest BCUT2D eigenvalue weighted by molar-refractivity contribution is 0.0276. The van der Waals surface area contributed by atoms with Crippen molar-refractivity contribution in [2.45, 2.75) is 46.3 Å². The maximum atomic E-state index is 11.9. The highest BCUT2D eigenvalue weighted by Crippen LogP contribution is 2.11. The van der Waals surface area contributed by atoms with Gasteiger partial charge in [0.15, 0.2) is 0 Å². The maximum absolute atomic E-state index is 11.9. The Balaban J connectivity index is 2.32. The molecule has 0 bridgehead atoms. The summed E-state index contributed by atoms with van der Waals surface area (Å²) in [5.41, 5.74) is 0.602. The summed E-state index contributed by atoms with van der Waals surface area (Å²) in [6.45, 7) is 11.3. The van der Waals surface area contributed by atoms with Crippen LogP contribution in [0.4, 0.5) is 4.79 Å². The average Bonchev–Trinajstić information content (AvgIpc) is 2.87. The van der Waals surface area contributed by atoms with Crippen LogP contribution in [-0.2, 0) is 4.74 Å². The third-order valence-corrected chi connectivity index (χ3v) is 3.05. The number of rotatable bonds is 6. The van der Waals surface area contributed by atoms with Gasteiger partial charge in [0.1, 0.15) is 5.60 Å². The molecule has 0 fully saturated rings. The Labute approximate surface area is 127 Å². The van der Waals surface area contributed by atoms with E-state index in [0.29, 0.717) is 12.5 Å². The van der Waals surface area contributed by atoms with Gasteiger partial charge in [-0.15, -0.1) is 0 Å². The predicted octanol–water partition coefficient (Wildman–Crippen LogP) is 2.56. The molecule has 2 unspecified atom stereocenters. The number of ether oxygens (including phenoxy) is 1. The Morgan fingerprint density at radius 3 is 2.67 bits per heavy atom. The molecule has 120 valence electrons. The molecule has 2 N–H and O–H groups in total. The number of aromatic amines is 1. The molecule has 0 radical (unpaired) electrons. The molecule has 0 spiro atoms. The van der Waals surface area contributed by atoms with Crippen molar-refractivity contribution in [3.8, 4) is 0 Å². The monoisotopic (exact) mass is 296 g/mol. The second-order valence-electron chi connectivity index (χ2n) is 6.61. The highest BCUT2D eigenvalue weighted by molar-refractivity contribution is 5.67. The maximum Gasteiger partial charge on any atom is 0.410 e. The summed E-state index contributed by atoms with van der Waals surface area (Å²) >= 11 is 0. The second-order valence-corrected chi connectivity index (χ2v) is 6.61. The molecular formula is C15H28N4O2. The fourth-order valence-electron chi connectivity index (χ4n) is 1.94. The molecule has 0 saturated heterocycles. The van der Waals surface area contributed by atoms with Crippen molar-refractivity contribution in [2.24, 2.45) is 5.92 Å². The number of H-pyrrole nitrogens is 1. The summed E-state index contributed by atoms with van der Waals surface area (Å²) in [4.78, 5) is 13.5. The van der Waals surface area contributed by atoms with E-state index in [2.05, 4.69) is 29.4 Å². The van der Waals surface area contributed by atoms with Gasteiger partial charge in [-0.1, -0.05) is 6.92 Å². The number of hydrogen-bond acceptors (Lipinski definition) is 4. The van der Waals surface area contributed by atoms with Crippen LogP contribution in [0.25, 0.3) is 0 Å². The van der Waals surface area contributed by atoms with Crippen molar-refractivity contribution in [1.29, 1.82) is 0 Å². The summed E-state index contributed by atoms with van der Waals surface area (Å²) in [7, 11) is 1.77. The van der Waals surface area contributed by atoms with Crippen molar-refractivity contribution >= 4 is 6.09 Å². The van der Waals surface area contributed by atoms with E-state index >= 15 is 0 Å². The predicted molar refractivity (Wildman–Crippen MR) is 83.0 cm³/mol. The molecule has 6 heteroatoms. The van der Waals surface area contributed by atoms with Crippen LogP contribution in [0.1, 0.15) is 46.4 Å². The first-order valence-electron chi connectivity index (χ1n) is 7.36. The van der Waals surface area contributed by atoms with Crippen molar-refractivity contribution in [3.63, 3.8) is 0 Å². The average molecular weight is 296 g/mol. The van der Waals surface area contributed by atoms with Crippen molar-refractivity contribution in [2.75, 3.05) is 20.1 Å². The molecule has 1 aromatic heterocycles. The van der Waals surface area contributed by atoms with Crippen LogP contribution in [0.15, 0.2) is 12.3 Å². The first-order chi connectivity index (χ1) is 9.69. The zero-order chi connectivity index (χ0) is 16.0. The number of nitrogens with zero attached hydrogens (tertiary/aromatic N) is 2. The number of nitrogens with one attached hydrogen (secondary N) is 2. The fourth-order valence-corrected chi connectivity index (χ4v) is 1.94. The molecule has 0 aromatic carbocycles. The van der Waals surface area contributed by atoms with E-state index in [1.807, 2.05) is 26.8 Å². The minimum atomic E-state index is -0.456. The van der Waals surface area contributed by atoms with Gasteiger partial charge in [0, 0.05) is 25.8 Å². The quantitative estimate of drug-likeness (QED) is 0.846. The number of hydrogen-bond donors (Lipinski definition) is 2. The SMILES string of the molecule is CC(CNC(C)c1ccn[nH]1)CN(C)C(=O)OC(C)(C)C. The number of amides is 1. The topological polar surface area (TPSA) is 70.2 Å². The lowest BCUT2D eigenvalue weighted by Gasteiger charge is -2.27. The Morgan fingerprint density at radius 1 is 1.48 bits per heavy atom. The summed E-state index contributed by atoms with van der Waals surface area (Å²) in [5, 5.41) is 10.3. The molecule has 21 heavy (non-hydrogen) atoms. The third kappa shape index (κ3) is 6.62. The Bertz CT molecular complexity index is 425. The highest BCUT2D eigenvalue weighted by atomic mass is 16.6. The number of aromatic nitrogens is 2. The van der Waals surface area contributed by atoms with E-state index < -0.39 is 5.60 Å². The fraction of sp³-hybridized carbons (Fsp3) is 0.733. The van der Waals surface area contributed by atoms with Crippen LogP contribution in [0.3, 0.4) is 0 Å². The summed E-state index contributed by atoms with van der Waals surface area (Å²) in [5.74, 6) is 0.327. The summed E-state index contributed by atoms with van der Waals surface area (Å²) < 4.78 is 5.34. The lowest BCUT2D eigenvalue weighted by Crippen LogP contribution is -2.38. The van der Waals surface area contributed by atoms with Crippen LogP contribution in [0, 0.1) is 5.92 Å². The highest BCUT2D eigenvalue weighted by Gasteiger charge is 2.20. The molecule has 1 amide bonds. The number of carbonyl (C=O) groups is 1. The normalized spacial score (nSPS) is 14.6. The second kappa shape index (κ2) is 7.45. The molecule has 0 aliphatic heterocycles. The van der Waals surface area contributed by atoms with Gasteiger partial charge in [0.05, 0.1) is 5.69 Å². The first kappa shape index (κ1) is 17.5. The third-order valence-electron chi connectivity index (χ3n) is 3.05. The van der Waals surface area contributed by atoms with Gasteiger partial charge in [-0.2, -0.15) is 5.10 Å². The van der Waals surface area contributed by atoms with Crippen LogP contribution < -0.4 is 5.32 Å². The Hall–Kier alpha value is -1.56. The van der Waals surface area contributed by atoms with Gasteiger partial charge in [-0.25, -0.2) is 4.79 Å². The largest absolute Gasteiger partial charge is 0.444 e. The number of carbonyl (C=O) groups excluding carboxylic acids is 1. The van der Waals surface area contributed by atoms with Gasteiger partial charge in [0.25, 0.3) is 0 Å². The summed E-state index contributed by atoms with van der Waals surface area (Å²) in [6, 6.07) is 2.16. The van der Waals surface area contributed by atoms with Crippen molar-refractivity contribution in [3.05, 3.63) is 18.0 Å². The van der Waals surface area contributed by atoms with Gasteiger partial charge in [-0.3, -0.25) is 5.10 Å². The van der Waals surface area contributed by atoms with E-state index in [-0.39, 0.29) is 12.1 Å². The molecule has 0 saturated carbocycles. The van der Waals surface area contributed by atoms with Gasteiger partial charge < -0.3 is 15.0 Å².